The molecule has 2 saturated heterocycles. The molecular weight excluding hydrogens is 196 g/mol. The largest absolute Gasteiger partial charge is 0.314 e. The lowest BCUT2D eigenvalue weighted by Crippen LogP contribution is -2.47. The van der Waals surface area contributed by atoms with Crippen molar-refractivity contribution in [3.8, 4) is 0 Å². The van der Waals surface area contributed by atoms with Crippen molar-refractivity contribution >= 4 is 0 Å². The molecule has 0 aromatic carbocycles. The van der Waals surface area contributed by atoms with Gasteiger partial charge in [0.25, 0.3) is 0 Å². The molecule has 0 spiro atoms. The highest BCUT2D eigenvalue weighted by Crippen LogP contribution is 2.31. The van der Waals surface area contributed by atoms with Crippen LogP contribution in [0.25, 0.3) is 0 Å². The van der Waals surface area contributed by atoms with E-state index in [1.807, 2.05) is 0 Å². The van der Waals surface area contributed by atoms with Crippen molar-refractivity contribution in [1.82, 2.24) is 10.2 Å². The molecule has 2 rings (SSSR count). The molecule has 0 radical (unpaired) electrons. The highest BCUT2D eigenvalue weighted by atomic mass is 15.2. The van der Waals surface area contributed by atoms with E-state index in [9.17, 15) is 0 Å². The maximum Gasteiger partial charge on any atom is 0.0156 e. The monoisotopic (exact) mass is 224 g/mol. The maximum atomic E-state index is 3.67. The molecule has 0 aliphatic carbocycles. The van der Waals surface area contributed by atoms with Crippen LogP contribution in [-0.4, -0.2) is 35.6 Å². The molecule has 1 N–H and O–H groups in total. The van der Waals surface area contributed by atoms with Crippen molar-refractivity contribution in [3.63, 3.8) is 0 Å². The fourth-order valence-electron chi connectivity index (χ4n) is 3.61. The van der Waals surface area contributed by atoms with Crippen molar-refractivity contribution in [2.45, 2.75) is 76.9 Å². The van der Waals surface area contributed by atoms with E-state index in [-0.39, 0.29) is 0 Å². The lowest BCUT2D eigenvalue weighted by Gasteiger charge is -2.39. The second-order valence-corrected chi connectivity index (χ2v) is 6.34. The molecule has 0 aromatic rings. The first-order valence-corrected chi connectivity index (χ1v) is 7.10. The van der Waals surface area contributed by atoms with Crippen LogP contribution >= 0.6 is 0 Å². The van der Waals surface area contributed by atoms with Gasteiger partial charge in [0.1, 0.15) is 0 Å². The molecular formula is C14H28N2. The van der Waals surface area contributed by atoms with Gasteiger partial charge in [0.2, 0.25) is 0 Å². The molecule has 0 saturated carbocycles. The first kappa shape index (κ1) is 12.4. The van der Waals surface area contributed by atoms with Gasteiger partial charge >= 0.3 is 0 Å². The summed E-state index contributed by atoms with van der Waals surface area (Å²) in [5, 5.41) is 3.67. The van der Waals surface area contributed by atoms with Crippen LogP contribution in [0.1, 0.15) is 59.3 Å². The highest BCUT2D eigenvalue weighted by Gasteiger charge is 2.35. The SMILES string of the molecule is CC(CC1CCCCN1)N1CCCC1(C)C. The Morgan fingerprint density at radius 3 is 2.69 bits per heavy atom. The van der Waals surface area contributed by atoms with Gasteiger partial charge in [-0.15, -0.1) is 0 Å². The first-order valence-electron chi connectivity index (χ1n) is 7.10. The zero-order chi connectivity index (χ0) is 11.6. The Balaban J connectivity index is 1.84. The molecule has 2 atom stereocenters. The number of rotatable bonds is 3. The molecule has 2 aliphatic rings. The fraction of sp³-hybridized carbons (Fsp3) is 1.00. The van der Waals surface area contributed by atoms with E-state index in [1.54, 1.807) is 0 Å². The Labute approximate surface area is 101 Å². The molecule has 0 amide bonds. The topological polar surface area (TPSA) is 15.3 Å². The quantitative estimate of drug-likeness (QED) is 0.793. The van der Waals surface area contributed by atoms with E-state index >= 15 is 0 Å². The molecule has 2 aliphatic heterocycles. The summed E-state index contributed by atoms with van der Waals surface area (Å²) in [4.78, 5) is 2.73. The van der Waals surface area contributed by atoms with Gasteiger partial charge in [-0.3, -0.25) is 4.90 Å². The summed E-state index contributed by atoms with van der Waals surface area (Å²) in [6.45, 7) is 9.78. The number of piperidine rings is 1. The highest BCUT2D eigenvalue weighted by molar-refractivity contribution is 4.92. The van der Waals surface area contributed by atoms with Crippen LogP contribution in [0.4, 0.5) is 0 Å². The van der Waals surface area contributed by atoms with E-state index in [0.29, 0.717) is 5.54 Å². The standard InChI is InChI=1S/C14H28N2/c1-12(11-13-7-4-5-9-15-13)16-10-6-8-14(16,2)3/h12-13,15H,4-11H2,1-3H3. The zero-order valence-electron chi connectivity index (χ0n) is 11.3. The van der Waals surface area contributed by atoms with Gasteiger partial charge in [-0.05, 0) is 66.0 Å². The fourth-order valence-corrected chi connectivity index (χ4v) is 3.61. The number of nitrogens with zero attached hydrogens (tertiary/aromatic N) is 1. The summed E-state index contributed by atoms with van der Waals surface area (Å²) in [6, 6.07) is 1.52. The van der Waals surface area contributed by atoms with Crippen molar-refractivity contribution in [3.05, 3.63) is 0 Å². The van der Waals surface area contributed by atoms with Crippen LogP contribution in [0.2, 0.25) is 0 Å². The molecule has 0 bridgehead atoms. The van der Waals surface area contributed by atoms with E-state index in [0.717, 1.165) is 12.1 Å². The second kappa shape index (κ2) is 5.05. The summed E-state index contributed by atoms with van der Waals surface area (Å²) in [5.74, 6) is 0. The molecule has 0 aromatic heterocycles. The Morgan fingerprint density at radius 2 is 2.12 bits per heavy atom. The molecule has 2 heterocycles. The molecule has 2 fully saturated rings. The lowest BCUT2D eigenvalue weighted by molar-refractivity contribution is 0.109. The van der Waals surface area contributed by atoms with Gasteiger partial charge in [-0.1, -0.05) is 6.42 Å². The van der Waals surface area contributed by atoms with E-state index in [1.165, 1.54) is 51.6 Å². The average molecular weight is 224 g/mol. The molecule has 94 valence electrons. The Morgan fingerprint density at radius 1 is 1.31 bits per heavy atom. The van der Waals surface area contributed by atoms with Crippen LogP contribution in [0.5, 0.6) is 0 Å². The zero-order valence-corrected chi connectivity index (χ0v) is 11.3. The summed E-state index contributed by atoms with van der Waals surface area (Å²) in [7, 11) is 0. The van der Waals surface area contributed by atoms with Crippen molar-refractivity contribution < 1.29 is 0 Å². The van der Waals surface area contributed by atoms with Crippen molar-refractivity contribution in [2.75, 3.05) is 13.1 Å². The Bertz CT molecular complexity index is 219. The smallest absolute Gasteiger partial charge is 0.0156 e. The molecule has 2 unspecified atom stereocenters. The normalized spacial score (nSPS) is 32.8. The summed E-state index contributed by atoms with van der Waals surface area (Å²) >= 11 is 0. The minimum atomic E-state index is 0.439. The van der Waals surface area contributed by atoms with Crippen LogP contribution in [0.3, 0.4) is 0 Å². The Kier molecular flexibility index (Phi) is 3.91. The van der Waals surface area contributed by atoms with Gasteiger partial charge in [-0.25, -0.2) is 0 Å². The number of nitrogens with one attached hydrogen (secondary N) is 1. The van der Waals surface area contributed by atoms with Gasteiger partial charge in [0.05, 0.1) is 0 Å². The summed E-state index contributed by atoms with van der Waals surface area (Å²) in [6.07, 6.45) is 8.28. The van der Waals surface area contributed by atoms with Gasteiger partial charge in [0, 0.05) is 17.6 Å². The van der Waals surface area contributed by atoms with Gasteiger partial charge < -0.3 is 5.32 Å². The molecule has 2 heteroatoms. The van der Waals surface area contributed by atoms with Crippen LogP contribution in [0, 0.1) is 0 Å². The Hall–Kier alpha value is -0.0800. The summed E-state index contributed by atoms with van der Waals surface area (Å²) < 4.78 is 0. The summed E-state index contributed by atoms with van der Waals surface area (Å²) in [5.41, 5.74) is 0.439. The minimum Gasteiger partial charge on any atom is -0.314 e. The van der Waals surface area contributed by atoms with Gasteiger partial charge in [-0.2, -0.15) is 0 Å². The van der Waals surface area contributed by atoms with Crippen LogP contribution < -0.4 is 5.32 Å². The first-order chi connectivity index (χ1) is 7.59. The van der Waals surface area contributed by atoms with Crippen molar-refractivity contribution in [2.24, 2.45) is 0 Å². The van der Waals surface area contributed by atoms with Crippen LogP contribution in [-0.2, 0) is 0 Å². The van der Waals surface area contributed by atoms with Gasteiger partial charge in [0.15, 0.2) is 0 Å². The lowest BCUT2D eigenvalue weighted by atomic mass is 9.95. The minimum absolute atomic E-state index is 0.439. The maximum absolute atomic E-state index is 3.67. The van der Waals surface area contributed by atoms with E-state index < -0.39 is 0 Å². The van der Waals surface area contributed by atoms with Crippen molar-refractivity contribution in [1.29, 1.82) is 0 Å². The predicted molar refractivity (Wildman–Crippen MR) is 69.7 cm³/mol. The second-order valence-electron chi connectivity index (χ2n) is 6.34. The third-order valence-electron chi connectivity index (χ3n) is 4.54. The van der Waals surface area contributed by atoms with Crippen LogP contribution in [0.15, 0.2) is 0 Å². The molecule has 2 nitrogen and oxygen atoms in total. The van der Waals surface area contributed by atoms with E-state index in [4.69, 9.17) is 0 Å². The third kappa shape index (κ3) is 2.78. The third-order valence-corrected chi connectivity index (χ3v) is 4.54. The average Bonchev–Trinajstić information content (AvgIpc) is 2.59. The number of likely N-dealkylation sites (tertiary alicyclic amines) is 1. The number of hydrogen-bond acceptors (Lipinski definition) is 2. The molecule has 16 heavy (non-hydrogen) atoms. The van der Waals surface area contributed by atoms with E-state index in [2.05, 4.69) is 31.0 Å². The number of hydrogen-bond donors (Lipinski definition) is 1. The predicted octanol–water partition coefficient (Wildman–Crippen LogP) is 2.78.